The van der Waals surface area contributed by atoms with Gasteiger partial charge in [0.25, 0.3) is 5.56 Å². The second-order valence-corrected chi connectivity index (χ2v) is 4.31. The molecule has 2 aromatic heterocycles. The van der Waals surface area contributed by atoms with Crippen LogP contribution in [0.5, 0.6) is 11.5 Å². The smallest absolute Gasteiger partial charge is 0.276 e. The number of phenolic OH excluding ortho intramolecular Hbond substituents is 1. The highest BCUT2D eigenvalue weighted by Crippen LogP contribution is 2.21. The Labute approximate surface area is 123 Å². The van der Waals surface area contributed by atoms with Crippen LogP contribution < -0.4 is 15.7 Å². The van der Waals surface area contributed by atoms with Gasteiger partial charge >= 0.3 is 0 Å². The summed E-state index contributed by atoms with van der Waals surface area (Å²) in [5, 5.41) is 13.7. The van der Waals surface area contributed by atoms with E-state index < -0.39 is 0 Å². The molecule has 0 saturated carbocycles. The minimum Gasteiger partial charge on any atom is -0.507 e. The van der Waals surface area contributed by atoms with Crippen molar-refractivity contribution in [3.05, 3.63) is 40.4 Å². The number of hydrogen-bond acceptors (Lipinski definition) is 7. The molecule has 0 saturated heterocycles. The average molecular weight is 300 g/mol. The fraction of sp³-hybridized carbons (Fsp3) is 0.0769. The molecular formula is C13H12N6O3. The first-order valence-corrected chi connectivity index (χ1v) is 6.27. The van der Waals surface area contributed by atoms with E-state index in [-0.39, 0.29) is 28.4 Å². The van der Waals surface area contributed by atoms with E-state index in [1.54, 1.807) is 12.1 Å². The van der Waals surface area contributed by atoms with E-state index in [2.05, 4.69) is 30.5 Å². The van der Waals surface area contributed by atoms with Crippen LogP contribution >= 0.6 is 0 Å². The number of ether oxygens (including phenoxy) is 1. The van der Waals surface area contributed by atoms with Crippen molar-refractivity contribution in [2.45, 2.75) is 0 Å². The lowest BCUT2D eigenvalue weighted by molar-refractivity contribution is 0.407. The largest absolute Gasteiger partial charge is 0.507 e. The third kappa shape index (κ3) is 2.59. The lowest BCUT2D eigenvalue weighted by Crippen LogP contribution is -2.05. The lowest BCUT2D eigenvalue weighted by Gasteiger charge is -2.02. The van der Waals surface area contributed by atoms with Crippen molar-refractivity contribution in [1.29, 1.82) is 0 Å². The Morgan fingerprint density at radius 3 is 3.05 bits per heavy atom. The van der Waals surface area contributed by atoms with Crippen molar-refractivity contribution < 1.29 is 9.84 Å². The summed E-state index contributed by atoms with van der Waals surface area (Å²) in [4.78, 5) is 24.7. The van der Waals surface area contributed by atoms with Gasteiger partial charge in [-0.25, -0.2) is 10.4 Å². The zero-order valence-corrected chi connectivity index (χ0v) is 11.5. The predicted octanol–water partition coefficient (Wildman–Crippen LogP) is 0.806. The molecule has 112 valence electrons. The Balaban J connectivity index is 1.78. The van der Waals surface area contributed by atoms with Gasteiger partial charge in [-0.05, 0) is 12.1 Å². The highest BCUT2D eigenvalue weighted by atomic mass is 16.5. The maximum absolute atomic E-state index is 11.5. The number of imidazole rings is 1. The first-order chi connectivity index (χ1) is 10.7. The van der Waals surface area contributed by atoms with Gasteiger partial charge in [-0.1, -0.05) is 0 Å². The van der Waals surface area contributed by atoms with E-state index >= 15 is 0 Å². The molecule has 0 spiro atoms. The average Bonchev–Trinajstić information content (AvgIpc) is 2.93. The Morgan fingerprint density at radius 1 is 1.45 bits per heavy atom. The van der Waals surface area contributed by atoms with Gasteiger partial charge < -0.3 is 19.8 Å². The second kappa shape index (κ2) is 5.56. The molecule has 0 aliphatic carbocycles. The number of hydrogen-bond donors (Lipinski definition) is 4. The van der Waals surface area contributed by atoms with Gasteiger partial charge in [0.15, 0.2) is 11.2 Å². The van der Waals surface area contributed by atoms with E-state index in [4.69, 9.17) is 4.74 Å². The third-order valence-electron chi connectivity index (χ3n) is 2.91. The Bertz CT molecular complexity index is 898. The number of nitrogens with one attached hydrogen (secondary N) is 3. The van der Waals surface area contributed by atoms with Crippen LogP contribution in [0.1, 0.15) is 5.56 Å². The highest BCUT2D eigenvalue weighted by Gasteiger charge is 2.05. The van der Waals surface area contributed by atoms with E-state index in [1.165, 1.54) is 25.7 Å². The minimum atomic E-state index is -0.317. The number of aromatic nitrogens is 4. The van der Waals surface area contributed by atoms with Crippen molar-refractivity contribution >= 4 is 23.3 Å². The third-order valence-corrected chi connectivity index (χ3v) is 2.91. The van der Waals surface area contributed by atoms with Gasteiger partial charge in [0.2, 0.25) is 5.95 Å². The molecule has 0 unspecified atom stereocenters. The normalized spacial score (nSPS) is 11.1. The molecule has 9 heteroatoms. The molecule has 3 aromatic rings. The number of aromatic amines is 2. The molecule has 0 radical (unpaired) electrons. The van der Waals surface area contributed by atoms with Crippen LogP contribution in [0.15, 0.2) is 34.4 Å². The number of phenols is 1. The molecule has 22 heavy (non-hydrogen) atoms. The van der Waals surface area contributed by atoms with Gasteiger partial charge in [0, 0.05) is 11.6 Å². The number of H-pyrrole nitrogens is 2. The van der Waals surface area contributed by atoms with Gasteiger partial charge in [-0.3, -0.25) is 4.79 Å². The topological polar surface area (TPSA) is 128 Å². The number of nitrogens with zero attached hydrogens (tertiary/aromatic N) is 3. The van der Waals surface area contributed by atoms with E-state index in [1.807, 2.05) is 0 Å². The molecule has 0 aliphatic rings. The van der Waals surface area contributed by atoms with Crippen LogP contribution in [0.2, 0.25) is 0 Å². The molecule has 0 bridgehead atoms. The molecule has 1 aromatic carbocycles. The first-order valence-electron chi connectivity index (χ1n) is 6.27. The number of methoxy groups -OCH3 is 1. The van der Waals surface area contributed by atoms with Crippen LogP contribution in [0, 0.1) is 0 Å². The molecule has 0 fully saturated rings. The summed E-state index contributed by atoms with van der Waals surface area (Å²) >= 11 is 0. The fourth-order valence-electron chi connectivity index (χ4n) is 1.82. The fourth-order valence-corrected chi connectivity index (χ4v) is 1.82. The second-order valence-electron chi connectivity index (χ2n) is 4.31. The predicted molar refractivity (Wildman–Crippen MR) is 80.4 cm³/mol. The van der Waals surface area contributed by atoms with Gasteiger partial charge in [0.1, 0.15) is 11.5 Å². The standard InChI is InChI=1S/C13H12N6O3/c1-22-8-3-2-7(9(20)4-8)5-16-19-13-17-10-11(18-13)14-6-15-12(10)21/h2-6,20H,1H3,(H3,14,15,17,18,19,21). The van der Waals surface area contributed by atoms with Crippen LogP contribution in [0.3, 0.4) is 0 Å². The summed E-state index contributed by atoms with van der Waals surface area (Å²) in [6.45, 7) is 0. The van der Waals surface area contributed by atoms with Gasteiger partial charge in [-0.2, -0.15) is 10.1 Å². The van der Waals surface area contributed by atoms with Crippen molar-refractivity contribution in [3.63, 3.8) is 0 Å². The Kier molecular flexibility index (Phi) is 3.44. The number of anilines is 1. The molecule has 3 rings (SSSR count). The molecule has 0 amide bonds. The summed E-state index contributed by atoms with van der Waals surface area (Å²) in [7, 11) is 1.52. The summed E-state index contributed by atoms with van der Waals surface area (Å²) in [5.74, 6) is 0.848. The number of aromatic hydroxyl groups is 1. The zero-order chi connectivity index (χ0) is 15.5. The van der Waals surface area contributed by atoms with Crippen molar-refractivity contribution in [2.75, 3.05) is 12.5 Å². The Morgan fingerprint density at radius 2 is 2.32 bits per heavy atom. The van der Waals surface area contributed by atoms with Crippen LogP contribution in [-0.2, 0) is 0 Å². The van der Waals surface area contributed by atoms with Crippen LogP contribution in [-0.4, -0.2) is 38.4 Å². The SMILES string of the molecule is COc1ccc(C=NNc2nc3nc[nH]c(=O)c3[nH]2)c(O)c1. The van der Waals surface area contributed by atoms with Crippen molar-refractivity contribution in [3.8, 4) is 11.5 Å². The summed E-state index contributed by atoms with van der Waals surface area (Å²) in [6, 6.07) is 4.84. The van der Waals surface area contributed by atoms with E-state index in [9.17, 15) is 9.90 Å². The first kappa shape index (κ1) is 13.6. The summed E-state index contributed by atoms with van der Waals surface area (Å²) in [5.41, 5.74) is 3.36. The molecule has 9 nitrogen and oxygen atoms in total. The monoisotopic (exact) mass is 300 g/mol. The van der Waals surface area contributed by atoms with Crippen molar-refractivity contribution in [2.24, 2.45) is 5.10 Å². The number of benzene rings is 1. The summed E-state index contributed by atoms with van der Waals surface area (Å²) in [6.07, 6.45) is 2.69. The summed E-state index contributed by atoms with van der Waals surface area (Å²) < 4.78 is 4.99. The number of fused-ring (bicyclic) bond motifs is 1. The maximum atomic E-state index is 11.5. The van der Waals surface area contributed by atoms with Crippen molar-refractivity contribution in [1.82, 2.24) is 19.9 Å². The molecule has 0 aliphatic heterocycles. The number of hydrazone groups is 1. The minimum absolute atomic E-state index is 0.0348. The molecule has 2 heterocycles. The molecular weight excluding hydrogens is 288 g/mol. The van der Waals surface area contributed by atoms with Crippen LogP contribution in [0.25, 0.3) is 11.2 Å². The van der Waals surface area contributed by atoms with E-state index in [0.717, 1.165) is 0 Å². The maximum Gasteiger partial charge on any atom is 0.276 e. The number of rotatable bonds is 4. The van der Waals surface area contributed by atoms with Gasteiger partial charge in [0.05, 0.1) is 19.7 Å². The van der Waals surface area contributed by atoms with Crippen LogP contribution in [0.4, 0.5) is 5.95 Å². The van der Waals surface area contributed by atoms with E-state index in [0.29, 0.717) is 11.3 Å². The lowest BCUT2D eigenvalue weighted by atomic mass is 10.2. The Hall–Kier alpha value is -3.36. The highest BCUT2D eigenvalue weighted by molar-refractivity contribution is 5.84. The quantitative estimate of drug-likeness (QED) is 0.417. The molecule has 4 N–H and O–H groups in total. The zero-order valence-electron chi connectivity index (χ0n) is 11.5. The van der Waals surface area contributed by atoms with Gasteiger partial charge in [-0.15, -0.1) is 0 Å². The molecule has 0 atom stereocenters.